The molecule has 2 N–H and O–H groups in total. The van der Waals surface area contributed by atoms with Crippen molar-refractivity contribution in [2.45, 2.75) is 19.4 Å². The van der Waals surface area contributed by atoms with Gasteiger partial charge in [0.2, 0.25) is 11.8 Å². The number of aromatic nitrogens is 1. The molecular weight excluding hydrogens is 354 g/mol. The number of hydrogen-bond acceptors (Lipinski definition) is 4. The number of carbonyl (C=O) groups is 2. The van der Waals surface area contributed by atoms with Gasteiger partial charge in [-0.15, -0.1) is 0 Å². The Hall–Kier alpha value is -3.41. The first-order valence-electron chi connectivity index (χ1n) is 9.19. The summed E-state index contributed by atoms with van der Waals surface area (Å²) in [5.41, 5.74) is 1.18. The van der Waals surface area contributed by atoms with Crippen LogP contribution in [0.2, 0.25) is 0 Å². The third kappa shape index (κ3) is 3.29. The second-order valence-corrected chi connectivity index (χ2v) is 6.91. The van der Waals surface area contributed by atoms with E-state index < -0.39 is 5.41 Å². The smallest absolute Gasteiger partial charge is 0.240 e. The van der Waals surface area contributed by atoms with Crippen LogP contribution in [0.5, 0.6) is 5.75 Å². The van der Waals surface area contributed by atoms with Crippen LogP contribution in [-0.2, 0) is 16.1 Å². The van der Waals surface area contributed by atoms with Crippen LogP contribution < -0.4 is 15.4 Å². The summed E-state index contributed by atoms with van der Waals surface area (Å²) >= 11 is 0. The number of amides is 2. The molecule has 1 aliphatic carbocycles. The fourth-order valence-electron chi connectivity index (χ4n) is 3.32. The molecule has 28 heavy (non-hydrogen) atoms. The van der Waals surface area contributed by atoms with E-state index in [1.807, 2.05) is 48.5 Å². The molecule has 0 radical (unpaired) electrons. The summed E-state index contributed by atoms with van der Waals surface area (Å²) in [6.07, 6.45) is 2.76. The summed E-state index contributed by atoms with van der Waals surface area (Å²) in [6.45, 7) is 0.313. The van der Waals surface area contributed by atoms with Gasteiger partial charge in [0.15, 0.2) is 0 Å². The topological polar surface area (TPSA) is 80.3 Å². The lowest BCUT2D eigenvalue weighted by Gasteiger charge is -2.17. The number of nitrogens with zero attached hydrogens (tertiary/aromatic N) is 1. The Morgan fingerprint density at radius 2 is 1.82 bits per heavy atom. The quantitative estimate of drug-likeness (QED) is 0.648. The minimum atomic E-state index is -1.01. The Balaban J connectivity index is 1.47. The second-order valence-electron chi connectivity index (χ2n) is 6.91. The Labute approximate surface area is 162 Å². The number of fused-ring (bicyclic) bond motifs is 1. The lowest BCUT2D eigenvalue weighted by molar-refractivity contribution is -0.134. The van der Waals surface area contributed by atoms with Gasteiger partial charge in [0.1, 0.15) is 11.2 Å². The summed E-state index contributed by atoms with van der Waals surface area (Å²) in [7, 11) is 1.59. The molecule has 0 saturated heterocycles. The van der Waals surface area contributed by atoms with Crippen LogP contribution in [-0.4, -0.2) is 23.9 Å². The number of anilines is 1. The number of hydrogen-bond donors (Lipinski definition) is 2. The van der Waals surface area contributed by atoms with E-state index in [0.717, 1.165) is 10.9 Å². The maximum atomic E-state index is 12.9. The third-order valence-electron chi connectivity index (χ3n) is 5.13. The first-order chi connectivity index (χ1) is 13.6. The third-order valence-corrected chi connectivity index (χ3v) is 5.13. The molecule has 0 unspecified atom stereocenters. The molecule has 6 nitrogen and oxygen atoms in total. The average molecular weight is 375 g/mol. The predicted molar refractivity (Wildman–Crippen MR) is 107 cm³/mol. The molecule has 6 heteroatoms. The normalized spacial score (nSPS) is 14.3. The Kier molecular flexibility index (Phi) is 4.69. The van der Waals surface area contributed by atoms with Gasteiger partial charge in [-0.25, -0.2) is 0 Å². The molecule has 2 aromatic carbocycles. The van der Waals surface area contributed by atoms with Gasteiger partial charge in [0.05, 0.1) is 18.3 Å². The van der Waals surface area contributed by atoms with E-state index in [9.17, 15) is 9.59 Å². The Morgan fingerprint density at radius 3 is 2.61 bits per heavy atom. The van der Waals surface area contributed by atoms with Crippen molar-refractivity contribution in [1.29, 1.82) is 0 Å². The monoisotopic (exact) mass is 375 g/mol. The minimum Gasteiger partial charge on any atom is -0.496 e. The highest BCUT2D eigenvalue weighted by Gasteiger charge is 2.56. The van der Waals surface area contributed by atoms with E-state index >= 15 is 0 Å². The summed E-state index contributed by atoms with van der Waals surface area (Å²) < 4.78 is 5.31. The molecule has 1 saturated carbocycles. The van der Waals surface area contributed by atoms with Crippen LogP contribution >= 0.6 is 0 Å². The zero-order valence-electron chi connectivity index (χ0n) is 15.6. The molecule has 3 aromatic rings. The fourth-order valence-corrected chi connectivity index (χ4v) is 3.32. The average Bonchev–Trinajstić information content (AvgIpc) is 3.55. The molecule has 1 aromatic heterocycles. The van der Waals surface area contributed by atoms with Crippen molar-refractivity contribution in [1.82, 2.24) is 10.3 Å². The zero-order chi connectivity index (χ0) is 19.6. The van der Waals surface area contributed by atoms with Gasteiger partial charge in [-0.1, -0.05) is 36.4 Å². The van der Waals surface area contributed by atoms with Crippen molar-refractivity contribution in [3.63, 3.8) is 0 Å². The van der Waals surface area contributed by atoms with Crippen LogP contribution in [0, 0.1) is 5.41 Å². The molecule has 2 amide bonds. The molecule has 1 fully saturated rings. The van der Waals surface area contributed by atoms with E-state index in [-0.39, 0.29) is 11.8 Å². The molecule has 0 spiro atoms. The summed E-state index contributed by atoms with van der Waals surface area (Å²) in [4.78, 5) is 30.0. The Bertz CT molecular complexity index is 1040. The standard InChI is InChI=1S/C22H21N3O3/c1-28-18-10-3-2-6-16(18)14-24-20(26)22(11-12-22)21(27)25-17-9-4-7-15-8-5-13-23-19(15)17/h2-10,13H,11-12,14H2,1H3,(H,24,26)(H,25,27). The van der Waals surface area contributed by atoms with Crippen molar-refractivity contribution in [3.05, 3.63) is 66.4 Å². The van der Waals surface area contributed by atoms with Crippen LogP contribution in [0.1, 0.15) is 18.4 Å². The molecule has 142 valence electrons. The van der Waals surface area contributed by atoms with E-state index in [0.29, 0.717) is 36.3 Å². The van der Waals surface area contributed by atoms with Crippen LogP contribution in [0.15, 0.2) is 60.8 Å². The lowest BCUT2D eigenvalue weighted by Crippen LogP contribution is -2.39. The first kappa shape index (κ1) is 18.0. The molecule has 0 bridgehead atoms. The summed E-state index contributed by atoms with van der Waals surface area (Å²) in [6, 6.07) is 16.9. The highest BCUT2D eigenvalue weighted by Crippen LogP contribution is 2.47. The number of ether oxygens (including phenoxy) is 1. The van der Waals surface area contributed by atoms with Crippen molar-refractivity contribution < 1.29 is 14.3 Å². The molecule has 1 aliphatic rings. The molecule has 4 rings (SSSR count). The van der Waals surface area contributed by atoms with E-state index in [1.54, 1.807) is 19.4 Å². The fraction of sp³-hybridized carbons (Fsp3) is 0.227. The molecule has 0 aliphatic heterocycles. The van der Waals surface area contributed by atoms with Gasteiger partial charge in [-0.3, -0.25) is 14.6 Å². The molecule has 1 heterocycles. The zero-order valence-corrected chi connectivity index (χ0v) is 15.6. The van der Waals surface area contributed by atoms with Crippen LogP contribution in [0.25, 0.3) is 10.9 Å². The van der Waals surface area contributed by atoms with Crippen molar-refractivity contribution in [3.8, 4) is 5.75 Å². The largest absolute Gasteiger partial charge is 0.496 e. The SMILES string of the molecule is COc1ccccc1CNC(=O)C1(C(=O)Nc2cccc3cccnc23)CC1. The van der Waals surface area contributed by atoms with Gasteiger partial charge < -0.3 is 15.4 Å². The number of rotatable bonds is 6. The maximum absolute atomic E-state index is 12.9. The number of pyridine rings is 1. The second kappa shape index (κ2) is 7.31. The van der Waals surface area contributed by atoms with Gasteiger partial charge in [-0.05, 0) is 31.0 Å². The molecular formula is C22H21N3O3. The predicted octanol–water partition coefficient (Wildman–Crippen LogP) is 3.28. The molecule has 0 atom stereocenters. The number of benzene rings is 2. The van der Waals surface area contributed by atoms with Gasteiger partial charge in [0, 0.05) is 23.7 Å². The summed E-state index contributed by atoms with van der Waals surface area (Å²) in [5.74, 6) is 0.159. The van der Waals surface area contributed by atoms with E-state index in [2.05, 4.69) is 15.6 Å². The number of carbonyl (C=O) groups excluding carboxylic acids is 2. The van der Waals surface area contributed by atoms with E-state index in [1.165, 1.54) is 0 Å². The highest BCUT2D eigenvalue weighted by atomic mass is 16.5. The van der Waals surface area contributed by atoms with Crippen molar-refractivity contribution >= 4 is 28.4 Å². The number of methoxy groups -OCH3 is 1. The number of nitrogens with one attached hydrogen (secondary N) is 2. The van der Waals surface area contributed by atoms with E-state index in [4.69, 9.17) is 4.74 Å². The Morgan fingerprint density at radius 1 is 1.04 bits per heavy atom. The highest BCUT2D eigenvalue weighted by molar-refractivity contribution is 6.14. The minimum absolute atomic E-state index is 0.260. The van der Waals surface area contributed by atoms with Crippen molar-refractivity contribution in [2.75, 3.05) is 12.4 Å². The van der Waals surface area contributed by atoms with Gasteiger partial charge >= 0.3 is 0 Å². The number of para-hydroxylation sites is 2. The first-order valence-corrected chi connectivity index (χ1v) is 9.19. The van der Waals surface area contributed by atoms with Gasteiger partial charge in [0.25, 0.3) is 0 Å². The van der Waals surface area contributed by atoms with Crippen LogP contribution in [0.3, 0.4) is 0 Å². The van der Waals surface area contributed by atoms with Crippen LogP contribution in [0.4, 0.5) is 5.69 Å². The summed E-state index contributed by atoms with van der Waals surface area (Å²) in [5, 5.41) is 6.72. The lowest BCUT2D eigenvalue weighted by atomic mass is 10.0. The van der Waals surface area contributed by atoms with Crippen molar-refractivity contribution in [2.24, 2.45) is 5.41 Å². The maximum Gasteiger partial charge on any atom is 0.240 e. The van der Waals surface area contributed by atoms with Gasteiger partial charge in [-0.2, -0.15) is 0 Å².